The predicted molar refractivity (Wildman–Crippen MR) is 44.2 cm³/mol. The average Bonchev–Trinajstić information content (AvgIpc) is 1.70. The van der Waals surface area contributed by atoms with Crippen molar-refractivity contribution in [2.45, 2.75) is 0 Å². The fourth-order valence-corrected chi connectivity index (χ4v) is 0. The van der Waals surface area contributed by atoms with Crippen LogP contribution < -0.4 is 0 Å². The van der Waals surface area contributed by atoms with Crippen molar-refractivity contribution >= 4 is 25.8 Å². The van der Waals surface area contributed by atoms with Crippen molar-refractivity contribution in [1.29, 1.82) is 0 Å². The third kappa shape index (κ3) is 492. The van der Waals surface area contributed by atoms with Crippen molar-refractivity contribution in [1.82, 2.24) is 0 Å². The second kappa shape index (κ2) is 49.7. The molecule has 0 aliphatic heterocycles. The van der Waals surface area contributed by atoms with Gasteiger partial charge < -0.3 is 30.2 Å². The van der Waals surface area contributed by atoms with Crippen LogP contribution in [0.4, 0.5) is 0 Å². The smallest absolute Gasteiger partial charge is 0.623 e. The molecule has 3 N–H and O–H groups in total. The summed E-state index contributed by atoms with van der Waals surface area (Å²) in [6.07, 6.45) is 0. The van der Waals surface area contributed by atoms with E-state index in [0.29, 0.717) is 0 Å². The van der Waals surface area contributed by atoms with E-state index in [1.54, 1.807) is 0 Å². The maximum atomic E-state index is 8.68. The van der Waals surface area contributed by atoms with Crippen molar-refractivity contribution in [3.05, 3.63) is 16.5 Å². The van der Waals surface area contributed by atoms with Crippen LogP contribution >= 0.6 is 25.8 Å². The van der Waals surface area contributed by atoms with E-state index >= 15 is 0 Å². The van der Waals surface area contributed by atoms with Crippen LogP contribution in [0.1, 0.15) is 0 Å². The van der Waals surface area contributed by atoms with Gasteiger partial charge >= 0.3 is 17.4 Å². The molecular formula is H9CrN3O3P3. The summed E-state index contributed by atoms with van der Waals surface area (Å²) < 4.78 is 26.0. The molecule has 0 bridgehead atoms. The van der Waals surface area contributed by atoms with E-state index in [1.165, 1.54) is 0 Å². The molecule has 0 fully saturated rings. The molecule has 1 radical (unpaired) electrons. The maximum absolute atomic E-state index is 8.68. The SMILES string of the molecule is [Cr+3].[NH-][PH2]=O.[NH-][PH2]=O.[NH-][PH2]=O. The summed E-state index contributed by atoms with van der Waals surface area (Å²) in [4.78, 5) is 0. The molecule has 0 spiro atoms. The second-order valence-corrected chi connectivity index (χ2v) is 1.06. The van der Waals surface area contributed by atoms with Crippen molar-refractivity contribution in [3.8, 4) is 0 Å². The summed E-state index contributed by atoms with van der Waals surface area (Å²) in [6, 6.07) is 0. The van der Waals surface area contributed by atoms with Gasteiger partial charge in [0, 0.05) is 0 Å². The van der Waals surface area contributed by atoms with Gasteiger partial charge in [0.05, 0.1) is 0 Å². The van der Waals surface area contributed by atoms with Crippen LogP contribution in [0.5, 0.6) is 0 Å². The Balaban J connectivity index is -0.0000000257. The van der Waals surface area contributed by atoms with Crippen molar-refractivity contribution in [3.63, 3.8) is 0 Å². The normalized spacial score (nSPS) is 8.70. The van der Waals surface area contributed by atoms with E-state index < -0.39 is 25.8 Å². The molecule has 0 aromatic carbocycles. The Morgan fingerprint density at radius 1 is 0.700 bits per heavy atom. The van der Waals surface area contributed by atoms with Gasteiger partial charge in [-0.2, -0.15) is 0 Å². The molecular weight excluding hydrogens is 235 g/mol. The van der Waals surface area contributed by atoms with Gasteiger partial charge in [0.15, 0.2) is 0 Å². The third-order valence-electron chi connectivity index (χ3n) is 0. The van der Waals surface area contributed by atoms with E-state index in [-0.39, 0.29) is 17.4 Å². The quantitative estimate of drug-likeness (QED) is 0.606. The Labute approximate surface area is 73.8 Å². The summed E-state index contributed by atoms with van der Waals surface area (Å²) in [5, 5.41) is 0. The topological polar surface area (TPSA) is 123 Å². The standard InChI is InChI=1S/Cr.3H3NOP/c;3*1-3-2/h;3*3H2,(H-,1,2)/q+3;3*-1. The van der Waals surface area contributed by atoms with Crippen LogP contribution in [0.15, 0.2) is 0 Å². The Kier molecular flexibility index (Phi) is 112. The summed E-state index contributed by atoms with van der Waals surface area (Å²) in [6.45, 7) is 0. The molecule has 0 rings (SSSR count). The fourth-order valence-electron chi connectivity index (χ4n) is 0. The Bertz CT molecular complexity index is 55.7. The van der Waals surface area contributed by atoms with Crippen LogP contribution in [0.2, 0.25) is 0 Å². The van der Waals surface area contributed by atoms with Crippen molar-refractivity contribution in [2.75, 3.05) is 0 Å². The Morgan fingerprint density at radius 2 is 0.700 bits per heavy atom. The molecule has 10 heteroatoms. The summed E-state index contributed by atoms with van der Waals surface area (Å²) >= 11 is 0. The van der Waals surface area contributed by atoms with E-state index in [0.717, 1.165) is 0 Å². The van der Waals surface area contributed by atoms with Gasteiger partial charge in [-0.1, -0.05) is 0 Å². The third-order valence-corrected chi connectivity index (χ3v) is 0. The van der Waals surface area contributed by atoms with Crippen LogP contribution in [0.25, 0.3) is 16.5 Å². The van der Waals surface area contributed by atoms with Crippen molar-refractivity contribution in [2.24, 2.45) is 0 Å². The first-order valence-corrected chi connectivity index (χ1v) is 4.72. The average molecular weight is 244 g/mol. The minimum Gasteiger partial charge on any atom is -0.623 e. The Hall–Kier alpha value is 1.10. The van der Waals surface area contributed by atoms with Gasteiger partial charge in [0.25, 0.3) is 0 Å². The molecule has 0 saturated heterocycles. The summed E-state index contributed by atoms with van der Waals surface area (Å²) in [5.41, 5.74) is 17.2. The van der Waals surface area contributed by atoms with E-state index in [4.69, 9.17) is 30.2 Å². The van der Waals surface area contributed by atoms with E-state index in [9.17, 15) is 0 Å². The zero-order valence-electron chi connectivity index (χ0n) is 4.87. The van der Waals surface area contributed by atoms with Gasteiger partial charge in [0.2, 0.25) is 0 Å². The first-order chi connectivity index (χ1) is 4.24. The Morgan fingerprint density at radius 3 is 0.700 bits per heavy atom. The van der Waals surface area contributed by atoms with Crippen LogP contribution in [0.3, 0.4) is 0 Å². The molecule has 10 heavy (non-hydrogen) atoms. The molecule has 63 valence electrons. The van der Waals surface area contributed by atoms with Gasteiger partial charge in [-0.25, -0.2) is 0 Å². The maximum Gasteiger partial charge on any atom is 3.00 e. The molecule has 0 heterocycles. The first-order valence-electron chi connectivity index (χ1n) is 1.57. The van der Waals surface area contributed by atoms with Gasteiger partial charge in [0.1, 0.15) is 0 Å². The molecule has 3 atom stereocenters. The fraction of sp³-hybridized carbons (Fsp3) is 0. The zero-order valence-corrected chi connectivity index (χ0v) is 9.60. The zero-order chi connectivity index (χ0) is 8.12. The van der Waals surface area contributed by atoms with Crippen LogP contribution in [-0.4, -0.2) is 0 Å². The first kappa shape index (κ1) is 22.5. The van der Waals surface area contributed by atoms with Crippen molar-refractivity contribution < 1.29 is 31.1 Å². The van der Waals surface area contributed by atoms with E-state index in [2.05, 4.69) is 0 Å². The van der Waals surface area contributed by atoms with Gasteiger partial charge in [-0.05, 0) is 25.8 Å². The number of nitrogens with one attached hydrogen (secondary N) is 3. The molecule has 0 aliphatic carbocycles. The molecule has 0 saturated carbocycles. The number of hydrogen-bond donors (Lipinski definition) is 0. The summed E-state index contributed by atoms with van der Waals surface area (Å²) in [7, 11) is -3.75. The van der Waals surface area contributed by atoms with Gasteiger partial charge in [-0.15, -0.1) is 0 Å². The minimum atomic E-state index is -1.25. The molecule has 3 unspecified atom stereocenters. The minimum absolute atomic E-state index is 0. The van der Waals surface area contributed by atoms with Crippen LogP contribution in [0, 0.1) is 0 Å². The predicted octanol–water partition coefficient (Wildman–Crippen LogP) is 2.13. The van der Waals surface area contributed by atoms with Crippen LogP contribution in [-0.2, 0) is 31.1 Å². The molecule has 0 aromatic rings. The second-order valence-electron chi connectivity index (χ2n) is 0.354. The van der Waals surface area contributed by atoms with E-state index in [1.807, 2.05) is 0 Å². The number of rotatable bonds is 0. The molecule has 0 aliphatic rings. The molecule has 0 aromatic heterocycles. The number of hydrogen-bond acceptors (Lipinski definition) is 3. The molecule has 6 nitrogen and oxygen atoms in total. The van der Waals surface area contributed by atoms with Gasteiger partial charge in [-0.3, -0.25) is 0 Å². The monoisotopic (exact) mass is 244 g/mol. The molecule has 0 amide bonds. The largest absolute Gasteiger partial charge is 3.00 e. The summed E-state index contributed by atoms with van der Waals surface area (Å²) in [5.74, 6) is 0.